The van der Waals surface area contributed by atoms with Crippen molar-refractivity contribution in [3.8, 4) is 0 Å². The van der Waals surface area contributed by atoms with Crippen molar-refractivity contribution in [2.24, 2.45) is 40.4 Å². The molecule has 3 aliphatic carbocycles. The van der Waals surface area contributed by atoms with Crippen LogP contribution in [0.4, 0.5) is 0 Å². The molecule has 2 saturated heterocycles. The Morgan fingerprint density at radius 2 is 1.91 bits per heavy atom. The Balaban J connectivity index is 1.41. The molecule has 1 spiro atoms. The second-order valence-electron chi connectivity index (χ2n) is 13.8. The molecule has 9 atom stereocenters. The number of allylic oxidation sites excluding steroid dienone is 1. The lowest BCUT2D eigenvalue weighted by molar-refractivity contribution is -0.130. The highest BCUT2D eigenvalue weighted by Crippen LogP contribution is 2.63. The van der Waals surface area contributed by atoms with Crippen LogP contribution >= 0.6 is 0 Å². The largest absolute Gasteiger partial charge is 0.371 e. The Morgan fingerprint density at radius 3 is 2.64 bits per heavy atom. The summed E-state index contributed by atoms with van der Waals surface area (Å²) in [6.45, 7) is 17.1. The lowest BCUT2D eigenvalue weighted by Crippen LogP contribution is -2.57. The summed E-state index contributed by atoms with van der Waals surface area (Å²) in [5, 5.41) is 3.38. The fraction of sp³-hybridized carbons (Fsp3) is 0.900. The monoisotopic (exact) mass is 455 g/mol. The Bertz CT molecular complexity index is 829. The van der Waals surface area contributed by atoms with E-state index in [1.807, 2.05) is 0 Å². The molecule has 1 N–H and O–H groups in total. The molecule has 2 heterocycles. The van der Waals surface area contributed by atoms with Crippen LogP contribution < -0.4 is 5.32 Å². The van der Waals surface area contributed by atoms with Crippen molar-refractivity contribution in [3.63, 3.8) is 0 Å². The van der Waals surface area contributed by atoms with Crippen LogP contribution in [0.2, 0.25) is 0 Å². The molecule has 3 heteroatoms. The summed E-state index contributed by atoms with van der Waals surface area (Å²) >= 11 is 0. The first-order chi connectivity index (χ1) is 15.5. The van der Waals surface area contributed by atoms with Gasteiger partial charge in [-0.3, -0.25) is 4.79 Å². The molecule has 3 nitrogen and oxygen atoms in total. The summed E-state index contributed by atoms with van der Waals surface area (Å²) in [6.07, 6.45) is 12.0. The number of nitrogens with one attached hydrogen (secondary N) is 1. The number of hydrogen-bond donors (Lipinski definition) is 1. The number of fused-ring (bicyclic) bond motifs is 5. The zero-order chi connectivity index (χ0) is 23.8. The maximum Gasteiger partial charge on any atom is 0.220 e. The summed E-state index contributed by atoms with van der Waals surface area (Å²) < 4.78 is 7.18. The summed E-state index contributed by atoms with van der Waals surface area (Å²) in [6, 6.07) is 0.398. The summed E-state index contributed by atoms with van der Waals surface area (Å²) in [7, 11) is 0. The number of amides is 1. The van der Waals surface area contributed by atoms with Crippen LogP contribution in [0.3, 0.4) is 0 Å². The molecule has 2 aliphatic heterocycles. The molecule has 2 saturated carbocycles. The molecule has 5 rings (SSSR count). The highest BCUT2D eigenvalue weighted by molar-refractivity contribution is 5.77. The van der Waals surface area contributed by atoms with Gasteiger partial charge in [-0.2, -0.15) is 0 Å². The van der Waals surface area contributed by atoms with Crippen molar-refractivity contribution in [2.45, 2.75) is 130 Å². The lowest BCUT2D eigenvalue weighted by Gasteiger charge is -2.52. The van der Waals surface area contributed by atoms with E-state index in [1.165, 1.54) is 44.9 Å². The van der Waals surface area contributed by atoms with E-state index in [0.717, 1.165) is 42.9 Å². The smallest absolute Gasteiger partial charge is 0.220 e. The van der Waals surface area contributed by atoms with Gasteiger partial charge in [0.25, 0.3) is 0 Å². The van der Waals surface area contributed by atoms with Gasteiger partial charge >= 0.3 is 0 Å². The molecule has 0 radical (unpaired) electrons. The normalized spacial score (nSPS) is 47.5. The van der Waals surface area contributed by atoms with Gasteiger partial charge in [-0.15, -0.1) is 0 Å². The van der Waals surface area contributed by atoms with E-state index in [-0.39, 0.29) is 22.3 Å². The average molecular weight is 456 g/mol. The van der Waals surface area contributed by atoms with E-state index >= 15 is 0 Å². The van der Waals surface area contributed by atoms with Gasteiger partial charge in [-0.25, -0.2) is 0 Å². The van der Waals surface area contributed by atoms with Crippen LogP contribution in [0.25, 0.3) is 0 Å². The average Bonchev–Trinajstić information content (AvgIpc) is 3.18. The zero-order valence-corrected chi connectivity index (χ0v) is 22.4. The van der Waals surface area contributed by atoms with Crippen molar-refractivity contribution in [1.82, 2.24) is 5.32 Å². The number of hydrogen-bond acceptors (Lipinski definition) is 2. The van der Waals surface area contributed by atoms with Gasteiger partial charge in [0.05, 0.1) is 11.7 Å². The molecule has 4 fully saturated rings. The maximum atomic E-state index is 12.1. The van der Waals surface area contributed by atoms with Gasteiger partial charge < -0.3 is 10.1 Å². The topological polar surface area (TPSA) is 38.3 Å². The fourth-order valence-electron chi connectivity index (χ4n) is 9.17. The highest BCUT2D eigenvalue weighted by Gasteiger charge is 2.60. The molecule has 0 unspecified atom stereocenters. The summed E-state index contributed by atoms with van der Waals surface area (Å²) in [5.41, 5.74) is 3.99. The molecule has 0 aromatic rings. The van der Waals surface area contributed by atoms with Gasteiger partial charge in [0, 0.05) is 12.5 Å². The zero-order valence-electron chi connectivity index (χ0n) is 22.4. The predicted octanol–water partition coefficient (Wildman–Crippen LogP) is 7.05. The quantitative estimate of drug-likeness (QED) is 0.463. The van der Waals surface area contributed by atoms with E-state index < -0.39 is 0 Å². The van der Waals surface area contributed by atoms with Crippen molar-refractivity contribution in [2.75, 3.05) is 0 Å². The van der Waals surface area contributed by atoms with Gasteiger partial charge in [0.2, 0.25) is 5.91 Å². The van der Waals surface area contributed by atoms with E-state index in [2.05, 4.69) is 53.8 Å². The first-order valence-corrected chi connectivity index (χ1v) is 14.2. The van der Waals surface area contributed by atoms with Crippen LogP contribution in [0.1, 0.15) is 113 Å². The van der Waals surface area contributed by atoms with Crippen LogP contribution in [0.15, 0.2) is 11.1 Å². The predicted molar refractivity (Wildman–Crippen MR) is 135 cm³/mol. The summed E-state index contributed by atoms with van der Waals surface area (Å²) in [4.78, 5) is 12.1. The Labute approximate surface area is 202 Å². The highest BCUT2D eigenvalue weighted by atomic mass is 16.5. The third-order valence-electron chi connectivity index (χ3n) is 12.0. The van der Waals surface area contributed by atoms with Gasteiger partial charge in [-0.1, -0.05) is 59.1 Å². The SMILES string of the molecule is CC[C@@H](C)C[C@H]1O[C@]2(CC[C@@H]3C(=C(C)C2)C[C@H]2[C@H]3CC[C@H]3NC(=O)CC[C@@]32C)[C@H](C)C1(C)C. The molecule has 33 heavy (non-hydrogen) atoms. The number of rotatable bonds is 3. The van der Waals surface area contributed by atoms with Crippen molar-refractivity contribution < 1.29 is 9.53 Å². The van der Waals surface area contributed by atoms with Crippen LogP contribution in [-0.2, 0) is 9.53 Å². The first-order valence-electron chi connectivity index (χ1n) is 14.2. The van der Waals surface area contributed by atoms with E-state index in [0.29, 0.717) is 18.1 Å². The fourth-order valence-corrected chi connectivity index (χ4v) is 9.17. The third-order valence-corrected chi connectivity index (χ3v) is 12.0. The standard InChI is InChI=1S/C30H49NO2/c1-8-18(2)15-26-28(5,6)20(4)30(33-26)14-11-21-22-9-10-25-29(7,13-12-27(32)31-25)24(22)16-23(21)19(3)17-30/h18,20-22,24-26H,8-17H2,1-7H3,(H,31,32)/t18-,20-,21+,22+,24+,25-,26-,29-,30+/m1/s1. The molecule has 0 aromatic carbocycles. The summed E-state index contributed by atoms with van der Waals surface area (Å²) in [5.74, 6) is 3.90. The molecular formula is C30H49NO2. The molecule has 0 bridgehead atoms. The first kappa shape index (κ1) is 23.9. The van der Waals surface area contributed by atoms with Crippen molar-refractivity contribution in [3.05, 3.63) is 11.1 Å². The number of carbonyl (C=O) groups is 1. The molecule has 0 aromatic heterocycles. The molecular weight excluding hydrogens is 406 g/mol. The number of carbonyl (C=O) groups excluding carboxylic acids is 1. The van der Waals surface area contributed by atoms with Gasteiger partial charge in [0.15, 0.2) is 0 Å². The minimum Gasteiger partial charge on any atom is -0.371 e. The van der Waals surface area contributed by atoms with Crippen molar-refractivity contribution >= 4 is 5.91 Å². The number of ether oxygens (including phenoxy) is 1. The molecule has 186 valence electrons. The maximum absolute atomic E-state index is 12.1. The second kappa shape index (κ2) is 8.10. The van der Waals surface area contributed by atoms with Crippen LogP contribution in [0.5, 0.6) is 0 Å². The number of piperidine rings is 1. The minimum absolute atomic E-state index is 0.0263. The second-order valence-corrected chi connectivity index (χ2v) is 13.8. The Kier molecular flexibility index (Phi) is 5.87. The Morgan fingerprint density at radius 1 is 1.15 bits per heavy atom. The van der Waals surface area contributed by atoms with E-state index in [1.54, 1.807) is 11.1 Å². The molecule has 5 aliphatic rings. The van der Waals surface area contributed by atoms with Crippen LogP contribution in [-0.4, -0.2) is 23.7 Å². The lowest BCUT2D eigenvalue weighted by atomic mass is 9.57. The minimum atomic E-state index is 0.0263. The van der Waals surface area contributed by atoms with E-state index in [4.69, 9.17) is 4.74 Å². The van der Waals surface area contributed by atoms with Crippen molar-refractivity contribution in [1.29, 1.82) is 0 Å². The third kappa shape index (κ3) is 3.57. The Hall–Kier alpha value is -0.830. The van der Waals surface area contributed by atoms with Crippen LogP contribution in [0, 0.1) is 40.4 Å². The van der Waals surface area contributed by atoms with E-state index in [9.17, 15) is 4.79 Å². The molecule has 1 amide bonds. The van der Waals surface area contributed by atoms with Gasteiger partial charge in [0.1, 0.15) is 0 Å². The van der Waals surface area contributed by atoms with Gasteiger partial charge in [-0.05, 0) is 98.7 Å².